The van der Waals surface area contributed by atoms with E-state index in [0.717, 1.165) is 18.8 Å². The van der Waals surface area contributed by atoms with E-state index in [-0.39, 0.29) is 22.5 Å². The summed E-state index contributed by atoms with van der Waals surface area (Å²) in [5.41, 5.74) is 5.63. The van der Waals surface area contributed by atoms with E-state index in [0.29, 0.717) is 0 Å². The highest BCUT2D eigenvalue weighted by Crippen LogP contribution is 2.38. The van der Waals surface area contributed by atoms with Gasteiger partial charge in [-0.15, -0.1) is 0 Å². The van der Waals surface area contributed by atoms with Crippen LogP contribution >= 0.6 is 0 Å². The molecule has 0 N–H and O–H groups in total. The van der Waals surface area contributed by atoms with Gasteiger partial charge in [0.25, 0.3) is 0 Å². The third-order valence-electron chi connectivity index (χ3n) is 4.57. The fraction of sp³-hybridized carbons (Fsp3) is 0.714. The van der Waals surface area contributed by atoms with Crippen LogP contribution in [-0.2, 0) is 20.3 Å². The summed E-state index contributed by atoms with van der Waals surface area (Å²) in [5, 5.41) is 0. The first-order chi connectivity index (χ1) is 10.3. The van der Waals surface area contributed by atoms with Crippen LogP contribution in [0.25, 0.3) is 0 Å². The normalized spacial score (nSPS) is 19.9. The Bertz CT molecular complexity index is 525. The molecule has 2 heteroatoms. The van der Waals surface area contributed by atoms with Gasteiger partial charge in [0.2, 0.25) is 0 Å². The topological polar surface area (TPSA) is 18.5 Å². The molecule has 1 heterocycles. The zero-order valence-electron chi connectivity index (χ0n) is 16.5. The van der Waals surface area contributed by atoms with Gasteiger partial charge in [0, 0.05) is 11.0 Å². The van der Waals surface area contributed by atoms with Crippen LogP contribution < -0.4 is 0 Å². The van der Waals surface area contributed by atoms with Gasteiger partial charge in [0.1, 0.15) is 0 Å². The first-order valence-corrected chi connectivity index (χ1v) is 8.70. The van der Waals surface area contributed by atoms with Crippen LogP contribution in [-0.4, -0.2) is 13.2 Å². The fourth-order valence-corrected chi connectivity index (χ4v) is 3.32. The third-order valence-corrected chi connectivity index (χ3v) is 4.57. The summed E-state index contributed by atoms with van der Waals surface area (Å²) in [6, 6.07) is 4.57. The van der Waals surface area contributed by atoms with Crippen LogP contribution in [0.15, 0.2) is 12.1 Å². The minimum atomic E-state index is -0.245. The molecule has 0 bridgehead atoms. The second kappa shape index (κ2) is 5.89. The number of hydrogen-bond acceptors (Lipinski definition) is 2. The smallest absolute Gasteiger partial charge is 0.183 e. The lowest BCUT2D eigenvalue weighted by Gasteiger charge is -2.36. The van der Waals surface area contributed by atoms with E-state index >= 15 is 0 Å². The van der Waals surface area contributed by atoms with E-state index in [4.69, 9.17) is 9.47 Å². The van der Waals surface area contributed by atoms with Crippen molar-refractivity contribution in [1.29, 1.82) is 0 Å². The molecule has 2 rings (SSSR count). The van der Waals surface area contributed by atoms with Crippen molar-refractivity contribution < 1.29 is 9.47 Å². The second-order valence-electron chi connectivity index (χ2n) is 9.86. The molecule has 1 aliphatic heterocycles. The lowest BCUT2D eigenvalue weighted by Crippen LogP contribution is -2.34. The molecule has 0 saturated carbocycles. The third kappa shape index (κ3) is 4.16. The Morgan fingerprint density at radius 2 is 1.26 bits per heavy atom. The molecule has 130 valence electrons. The highest BCUT2D eigenvalue weighted by molar-refractivity contribution is 5.45. The molecule has 0 radical (unpaired) electrons. The minimum Gasteiger partial charge on any atom is -0.348 e. The second-order valence-corrected chi connectivity index (χ2v) is 9.86. The molecule has 0 atom stereocenters. The van der Waals surface area contributed by atoms with Gasteiger partial charge in [-0.1, -0.05) is 55.4 Å². The maximum Gasteiger partial charge on any atom is 0.183 e. The first-order valence-electron chi connectivity index (χ1n) is 8.70. The van der Waals surface area contributed by atoms with Gasteiger partial charge >= 0.3 is 0 Å². The number of benzene rings is 1. The molecule has 0 aliphatic carbocycles. The quantitative estimate of drug-likeness (QED) is 0.665. The minimum absolute atomic E-state index is 0.0981. The molecule has 1 aliphatic rings. The number of hydrogen-bond donors (Lipinski definition) is 0. The van der Waals surface area contributed by atoms with Crippen molar-refractivity contribution in [3.8, 4) is 0 Å². The summed E-state index contributed by atoms with van der Waals surface area (Å²) in [6.45, 7) is 21.7. The average Bonchev–Trinajstić information content (AvgIpc) is 2.36. The molecule has 1 saturated heterocycles. The van der Waals surface area contributed by atoms with Gasteiger partial charge in [0.15, 0.2) is 6.29 Å². The SMILES string of the molecule is Cc1c(C(C)(C)C)cc(C2OCC(C)(C)CO2)cc1C(C)(C)C. The van der Waals surface area contributed by atoms with Crippen LogP contribution in [0.2, 0.25) is 0 Å². The van der Waals surface area contributed by atoms with E-state index in [2.05, 4.69) is 74.4 Å². The molecule has 1 fully saturated rings. The van der Waals surface area contributed by atoms with Crippen molar-refractivity contribution in [3.05, 3.63) is 34.4 Å². The van der Waals surface area contributed by atoms with E-state index in [9.17, 15) is 0 Å². The molecule has 1 aromatic rings. The lowest BCUT2D eigenvalue weighted by atomic mass is 9.75. The Hall–Kier alpha value is -0.860. The molecule has 1 aromatic carbocycles. The molecule has 0 unspecified atom stereocenters. The van der Waals surface area contributed by atoms with Crippen LogP contribution in [0.5, 0.6) is 0 Å². The Morgan fingerprint density at radius 3 is 1.61 bits per heavy atom. The zero-order chi connectivity index (χ0) is 17.6. The Kier molecular flexibility index (Phi) is 4.74. The Balaban J connectivity index is 2.49. The van der Waals surface area contributed by atoms with E-state index in [1.54, 1.807) is 0 Å². The van der Waals surface area contributed by atoms with Crippen LogP contribution in [0.1, 0.15) is 83.9 Å². The molecule has 0 amide bonds. The molecule has 0 aromatic heterocycles. The Morgan fingerprint density at radius 1 is 0.870 bits per heavy atom. The summed E-state index contributed by atoms with van der Waals surface area (Å²) < 4.78 is 12.1. The number of rotatable bonds is 1. The number of ether oxygens (including phenoxy) is 2. The summed E-state index contributed by atoms with van der Waals surface area (Å²) in [6.07, 6.45) is -0.245. The van der Waals surface area contributed by atoms with E-state index in [1.807, 2.05) is 0 Å². The Labute approximate surface area is 142 Å². The van der Waals surface area contributed by atoms with Crippen molar-refractivity contribution >= 4 is 0 Å². The monoisotopic (exact) mass is 318 g/mol. The molecular formula is C21H34O2. The molecule has 23 heavy (non-hydrogen) atoms. The predicted molar refractivity (Wildman–Crippen MR) is 97.0 cm³/mol. The predicted octanol–water partition coefficient (Wildman–Crippen LogP) is 5.66. The summed E-state index contributed by atoms with van der Waals surface area (Å²) in [7, 11) is 0. The van der Waals surface area contributed by atoms with E-state index in [1.165, 1.54) is 16.7 Å². The first kappa shape index (κ1) is 18.5. The fourth-order valence-electron chi connectivity index (χ4n) is 3.32. The van der Waals surface area contributed by atoms with Crippen LogP contribution in [0.3, 0.4) is 0 Å². The standard InChI is InChI=1S/C21H34O2/c1-14-16(19(2,3)4)10-15(11-17(14)20(5,6)7)18-22-12-21(8,9)13-23-18/h10-11,18H,12-13H2,1-9H3. The molecule has 2 nitrogen and oxygen atoms in total. The van der Waals surface area contributed by atoms with Crippen molar-refractivity contribution in [2.24, 2.45) is 5.41 Å². The highest BCUT2D eigenvalue weighted by atomic mass is 16.7. The maximum absolute atomic E-state index is 6.03. The van der Waals surface area contributed by atoms with Gasteiger partial charge in [-0.25, -0.2) is 0 Å². The maximum atomic E-state index is 6.03. The summed E-state index contributed by atoms with van der Waals surface area (Å²) >= 11 is 0. The van der Waals surface area contributed by atoms with Gasteiger partial charge in [-0.3, -0.25) is 0 Å². The van der Waals surface area contributed by atoms with Crippen LogP contribution in [0.4, 0.5) is 0 Å². The van der Waals surface area contributed by atoms with Crippen molar-refractivity contribution in [3.63, 3.8) is 0 Å². The lowest BCUT2D eigenvalue weighted by molar-refractivity contribution is -0.226. The summed E-state index contributed by atoms with van der Waals surface area (Å²) in [4.78, 5) is 0. The molecular weight excluding hydrogens is 284 g/mol. The van der Waals surface area contributed by atoms with Gasteiger partial charge in [-0.2, -0.15) is 0 Å². The highest BCUT2D eigenvalue weighted by Gasteiger charge is 2.31. The van der Waals surface area contributed by atoms with Gasteiger partial charge in [-0.05, 0) is 46.6 Å². The van der Waals surface area contributed by atoms with Gasteiger partial charge < -0.3 is 9.47 Å². The van der Waals surface area contributed by atoms with Crippen molar-refractivity contribution in [2.45, 2.75) is 79.4 Å². The van der Waals surface area contributed by atoms with E-state index < -0.39 is 0 Å². The average molecular weight is 319 g/mol. The van der Waals surface area contributed by atoms with Crippen LogP contribution in [0, 0.1) is 12.3 Å². The molecule has 0 spiro atoms. The van der Waals surface area contributed by atoms with Crippen molar-refractivity contribution in [2.75, 3.05) is 13.2 Å². The summed E-state index contributed by atoms with van der Waals surface area (Å²) in [5.74, 6) is 0. The largest absolute Gasteiger partial charge is 0.348 e. The zero-order valence-corrected chi connectivity index (χ0v) is 16.5. The van der Waals surface area contributed by atoms with Gasteiger partial charge in [0.05, 0.1) is 13.2 Å². The van der Waals surface area contributed by atoms with Crippen molar-refractivity contribution in [1.82, 2.24) is 0 Å².